The van der Waals surface area contributed by atoms with Gasteiger partial charge < -0.3 is 14.8 Å². The van der Waals surface area contributed by atoms with Gasteiger partial charge in [-0.05, 0) is 30.7 Å². The van der Waals surface area contributed by atoms with E-state index < -0.39 is 0 Å². The van der Waals surface area contributed by atoms with Crippen molar-refractivity contribution in [3.8, 4) is 11.3 Å². The Kier molecular flexibility index (Phi) is 5.35. The molecule has 1 aromatic heterocycles. The molecular weight excluding hydrogens is 372 g/mol. The van der Waals surface area contributed by atoms with E-state index in [4.69, 9.17) is 11.6 Å². The Morgan fingerprint density at radius 2 is 1.82 bits per heavy atom. The second-order valence-electron chi connectivity index (χ2n) is 7.06. The van der Waals surface area contributed by atoms with E-state index >= 15 is 0 Å². The van der Waals surface area contributed by atoms with Crippen LogP contribution in [0.3, 0.4) is 0 Å². The highest BCUT2D eigenvalue weighted by molar-refractivity contribution is 6.30. The van der Waals surface area contributed by atoms with Gasteiger partial charge in [0.2, 0.25) is 5.91 Å². The van der Waals surface area contributed by atoms with E-state index in [0.717, 1.165) is 35.1 Å². The SMILES string of the molecule is CC(C(=O)N1CCN(c2cccc(Cl)c2)CC1)c1ncc(-c2ccccc2)[nH]1. The van der Waals surface area contributed by atoms with Gasteiger partial charge in [0, 0.05) is 36.9 Å². The monoisotopic (exact) mass is 394 g/mol. The lowest BCUT2D eigenvalue weighted by Gasteiger charge is -2.37. The highest BCUT2D eigenvalue weighted by Gasteiger charge is 2.27. The summed E-state index contributed by atoms with van der Waals surface area (Å²) in [5.41, 5.74) is 3.10. The van der Waals surface area contributed by atoms with Crippen LogP contribution in [0, 0.1) is 0 Å². The molecule has 5 nitrogen and oxygen atoms in total. The van der Waals surface area contributed by atoms with Gasteiger partial charge in [0.05, 0.1) is 17.8 Å². The number of amides is 1. The first-order valence-corrected chi connectivity index (χ1v) is 9.89. The number of aromatic amines is 1. The fourth-order valence-corrected chi connectivity index (χ4v) is 3.75. The average Bonchev–Trinajstić information content (AvgIpc) is 3.24. The third kappa shape index (κ3) is 3.90. The normalized spacial score (nSPS) is 15.5. The molecule has 1 saturated heterocycles. The van der Waals surface area contributed by atoms with Crippen LogP contribution in [0.15, 0.2) is 60.8 Å². The standard InChI is InChI=1S/C22H23ClN4O/c1-16(21-24-15-20(25-21)17-6-3-2-4-7-17)22(28)27-12-10-26(11-13-27)19-9-5-8-18(23)14-19/h2-9,14-16H,10-13H2,1H3,(H,24,25). The zero-order valence-corrected chi connectivity index (χ0v) is 16.6. The number of H-pyrrole nitrogens is 1. The number of halogens is 1. The summed E-state index contributed by atoms with van der Waals surface area (Å²) in [5.74, 6) is 0.524. The molecule has 2 aromatic carbocycles. The number of anilines is 1. The average molecular weight is 395 g/mol. The van der Waals surface area contributed by atoms with Gasteiger partial charge in [-0.1, -0.05) is 48.0 Å². The highest BCUT2D eigenvalue weighted by Crippen LogP contribution is 2.24. The number of rotatable bonds is 4. The number of piperazine rings is 1. The number of carbonyl (C=O) groups excluding carboxylic acids is 1. The molecule has 1 atom stereocenters. The van der Waals surface area contributed by atoms with E-state index in [0.29, 0.717) is 18.9 Å². The van der Waals surface area contributed by atoms with Crippen LogP contribution in [0.1, 0.15) is 18.7 Å². The van der Waals surface area contributed by atoms with Crippen LogP contribution in [0.4, 0.5) is 5.69 Å². The second kappa shape index (κ2) is 8.07. The molecule has 0 radical (unpaired) electrons. The summed E-state index contributed by atoms with van der Waals surface area (Å²) in [6.07, 6.45) is 1.80. The Balaban J connectivity index is 1.39. The summed E-state index contributed by atoms with van der Waals surface area (Å²) in [6, 6.07) is 17.9. The fraction of sp³-hybridized carbons (Fsp3) is 0.273. The van der Waals surface area contributed by atoms with Crippen molar-refractivity contribution < 1.29 is 4.79 Å². The Bertz CT molecular complexity index is 948. The third-order valence-electron chi connectivity index (χ3n) is 5.23. The molecule has 1 aliphatic rings. The topological polar surface area (TPSA) is 52.2 Å². The lowest BCUT2D eigenvalue weighted by atomic mass is 10.1. The number of benzene rings is 2. The smallest absolute Gasteiger partial charge is 0.233 e. The number of imidazole rings is 1. The van der Waals surface area contributed by atoms with E-state index in [1.807, 2.05) is 60.4 Å². The van der Waals surface area contributed by atoms with E-state index in [9.17, 15) is 4.79 Å². The highest BCUT2D eigenvalue weighted by atomic mass is 35.5. The van der Waals surface area contributed by atoms with Gasteiger partial charge in [-0.3, -0.25) is 4.79 Å². The maximum atomic E-state index is 13.0. The minimum atomic E-state index is -0.296. The van der Waals surface area contributed by atoms with Crippen LogP contribution in [0.25, 0.3) is 11.3 Å². The molecule has 0 bridgehead atoms. The van der Waals surface area contributed by atoms with E-state index in [1.54, 1.807) is 6.20 Å². The zero-order chi connectivity index (χ0) is 19.5. The summed E-state index contributed by atoms with van der Waals surface area (Å²) in [7, 11) is 0. The molecule has 0 saturated carbocycles. The lowest BCUT2D eigenvalue weighted by molar-refractivity contribution is -0.132. The Morgan fingerprint density at radius 3 is 2.54 bits per heavy atom. The number of hydrogen-bond acceptors (Lipinski definition) is 3. The predicted octanol–water partition coefficient (Wildman–Crippen LogP) is 4.18. The number of hydrogen-bond donors (Lipinski definition) is 1. The molecule has 6 heteroatoms. The molecule has 1 N–H and O–H groups in total. The second-order valence-corrected chi connectivity index (χ2v) is 7.50. The van der Waals surface area contributed by atoms with Crippen molar-refractivity contribution in [3.63, 3.8) is 0 Å². The van der Waals surface area contributed by atoms with Crippen molar-refractivity contribution in [3.05, 3.63) is 71.6 Å². The predicted molar refractivity (Wildman–Crippen MR) is 113 cm³/mol. The molecular formula is C22H23ClN4O. The van der Waals surface area contributed by atoms with Crippen LogP contribution in [0.2, 0.25) is 5.02 Å². The Labute approximate surface area is 170 Å². The molecule has 144 valence electrons. The molecule has 1 fully saturated rings. The van der Waals surface area contributed by atoms with Gasteiger partial charge in [0.1, 0.15) is 5.82 Å². The van der Waals surface area contributed by atoms with Crippen molar-refractivity contribution in [1.29, 1.82) is 0 Å². The quantitative estimate of drug-likeness (QED) is 0.722. The maximum Gasteiger partial charge on any atom is 0.233 e. The Hall–Kier alpha value is -2.79. The first-order valence-electron chi connectivity index (χ1n) is 9.51. The number of nitrogens with one attached hydrogen (secondary N) is 1. The van der Waals surface area contributed by atoms with Crippen molar-refractivity contribution >= 4 is 23.2 Å². The molecule has 1 unspecified atom stereocenters. The van der Waals surface area contributed by atoms with Gasteiger partial charge in [-0.25, -0.2) is 4.98 Å². The fourth-order valence-electron chi connectivity index (χ4n) is 3.57. The lowest BCUT2D eigenvalue weighted by Crippen LogP contribution is -2.49. The van der Waals surface area contributed by atoms with Gasteiger partial charge >= 0.3 is 0 Å². The third-order valence-corrected chi connectivity index (χ3v) is 5.46. The number of aromatic nitrogens is 2. The number of nitrogens with zero attached hydrogens (tertiary/aromatic N) is 3. The van der Waals surface area contributed by atoms with Crippen molar-refractivity contribution in [1.82, 2.24) is 14.9 Å². The molecule has 4 rings (SSSR count). The minimum Gasteiger partial charge on any atom is -0.368 e. The van der Waals surface area contributed by atoms with E-state index in [1.165, 1.54) is 0 Å². The van der Waals surface area contributed by atoms with Crippen LogP contribution < -0.4 is 4.90 Å². The summed E-state index contributed by atoms with van der Waals surface area (Å²) in [6.45, 7) is 4.90. The van der Waals surface area contributed by atoms with Gasteiger partial charge in [-0.2, -0.15) is 0 Å². The van der Waals surface area contributed by atoms with Crippen molar-refractivity contribution in [2.45, 2.75) is 12.8 Å². The maximum absolute atomic E-state index is 13.0. The first-order chi connectivity index (χ1) is 13.6. The van der Waals surface area contributed by atoms with Crippen molar-refractivity contribution in [2.24, 2.45) is 0 Å². The summed E-state index contributed by atoms with van der Waals surface area (Å²) in [5, 5.41) is 0.733. The molecule has 2 heterocycles. The first kappa shape index (κ1) is 18.6. The molecule has 0 spiro atoms. The van der Waals surface area contributed by atoms with Crippen LogP contribution in [0.5, 0.6) is 0 Å². The van der Waals surface area contributed by atoms with E-state index in [2.05, 4.69) is 20.9 Å². The molecule has 1 aliphatic heterocycles. The minimum absolute atomic E-state index is 0.111. The summed E-state index contributed by atoms with van der Waals surface area (Å²) < 4.78 is 0. The summed E-state index contributed by atoms with van der Waals surface area (Å²) >= 11 is 6.10. The van der Waals surface area contributed by atoms with Gasteiger partial charge in [0.15, 0.2) is 0 Å². The Morgan fingerprint density at radius 1 is 1.07 bits per heavy atom. The zero-order valence-electron chi connectivity index (χ0n) is 15.8. The van der Waals surface area contributed by atoms with Crippen molar-refractivity contribution in [2.75, 3.05) is 31.1 Å². The van der Waals surface area contributed by atoms with Crippen LogP contribution >= 0.6 is 11.6 Å². The van der Waals surface area contributed by atoms with Gasteiger partial charge in [0.25, 0.3) is 0 Å². The largest absolute Gasteiger partial charge is 0.368 e. The summed E-state index contributed by atoms with van der Waals surface area (Å²) in [4.78, 5) is 24.9. The van der Waals surface area contributed by atoms with E-state index in [-0.39, 0.29) is 11.8 Å². The van der Waals surface area contributed by atoms with Gasteiger partial charge in [-0.15, -0.1) is 0 Å². The van der Waals surface area contributed by atoms with Crippen LogP contribution in [-0.4, -0.2) is 47.0 Å². The number of carbonyl (C=O) groups is 1. The molecule has 0 aliphatic carbocycles. The molecule has 3 aromatic rings. The van der Waals surface area contributed by atoms with Crippen LogP contribution in [-0.2, 0) is 4.79 Å². The molecule has 28 heavy (non-hydrogen) atoms. The molecule has 1 amide bonds.